The van der Waals surface area contributed by atoms with Crippen LogP contribution in [0.2, 0.25) is 0 Å². The molecule has 1 aromatic carbocycles. The molecule has 2 saturated heterocycles. The van der Waals surface area contributed by atoms with Gasteiger partial charge in [-0.1, -0.05) is 23.9 Å². The second-order valence-electron chi connectivity index (χ2n) is 6.45. The fourth-order valence-electron chi connectivity index (χ4n) is 2.83. The highest BCUT2D eigenvalue weighted by atomic mass is 32.2. The van der Waals surface area contributed by atoms with E-state index in [0.29, 0.717) is 11.7 Å². The Morgan fingerprint density at radius 3 is 3.04 bits per heavy atom. The van der Waals surface area contributed by atoms with Gasteiger partial charge in [0.25, 0.3) is 0 Å². The Hall–Kier alpha value is -1.86. The molecule has 2 heterocycles. The van der Waals surface area contributed by atoms with E-state index >= 15 is 0 Å². The Morgan fingerprint density at radius 1 is 1.44 bits per heavy atom. The van der Waals surface area contributed by atoms with Gasteiger partial charge in [-0.25, -0.2) is 0 Å². The molecule has 2 fully saturated rings. The van der Waals surface area contributed by atoms with E-state index in [0.717, 1.165) is 36.3 Å². The molecule has 134 valence electrons. The van der Waals surface area contributed by atoms with E-state index in [1.54, 1.807) is 0 Å². The molecule has 2 atom stereocenters. The number of amides is 2. The summed E-state index contributed by atoms with van der Waals surface area (Å²) < 4.78 is 5.53. The van der Waals surface area contributed by atoms with Crippen molar-refractivity contribution in [1.82, 2.24) is 5.32 Å². The first-order chi connectivity index (χ1) is 12.0. The smallest absolute Gasteiger partial charge is 0.240 e. The summed E-state index contributed by atoms with van der Waals surface area (Å²) in [7, 11) is 0. The number of amidine groups is 1. The van der Waals surface area contributed by atoms with E-state index in [9.17, 15) is 9.59 Å². The third kappa shape index (κ3) is 4.83. The monoisotopic (exact) mass is 361 g/mol. The van der Waals surface area contributed by atoms with Crippen LogP contribution in [-0.4, -0.2) is 41.5 Å². The number of hydrogen-bond donors (Lipinski definition) is 2. The number of thioether (sulfide) groups is 1. The molecule has 25 heavy (non-hydrogen) atoms. The topological polar surface area (TPSA) is 79.8 Å². The van der Waals surface area contributed by atoms with Crippen molar-refractivity contribution in [3.63, 3.8) is 0 Å². The second-order valence-corrected chi connectivity index (χ2v) is 7.64. The van der Waals surface area contributed by atoms with Crippen molar-refractivity contribution < 1.29 is 14.3 Å². The van der Waals surface area contributed by atoms with Crippen molar-refractivity contribution in [3.8, 4) is 0 Å². The van der Waals surface area contributed by atoms with Gasteiger partial charge in [-0.2, -0.15) is 0 Å². The number of nitrogens with zero attached hydrogens (tertiary/aromatic N) is 1. The Bertz CT molecular complexity index is 699. The van der Waals surface area contributed by atoms with Crippen molar-refractivity contribution in [2.75, 3.05) is 18.5 Å². The number of nitrogens with one attached hydrogen (secondary N) is 2. The van der Waals surface area contributed by atoms with Crippen molar-refractivity contribution in [2.24, 2.45) is 4.99 Å². The van der Waals surface area contributed by atoms with Gasteiger partial charge in [-0.3, -0.25) is 14.6 Å². The number of carbonyl (C=O) groups excluding carboxylic acids is 2. The third-order valence-electron chi connectivity index (χ3n) is 4.28. The molecule has 7 heteroatoms. The Kier molecular flexibility index (Phi) is 5.75. The number of aryl methyl sites for hydroxylation is 2. The molecule has 0 radical (unpaired) electrons. The van der Waals surface area contributed by atoms with E-state index < -0.39 is 5.25 Å². The molecule has 0 bridgehead atoms. The van der Waals surface area contributed by atoms with E-state index in [-0.39, 0.29) is 24.3 Å². The molecular formula is C18H23N3O3S. The minimum atomic E-state index is -0.437. The van der Waals surface area contributed by atoms with E-state index in [2.05, 4.69) is 15.6 Å². The van der Waals surface area contributed by atoms with Crippen LogP contribution in [0.25, 0.3) is 0 Å². The van der Waals surface area contributed by atoms with Crippen molar-refractivity contribution in [1.29, 1.82) is 0 Å². The van der Waals surface area contributed by atoms with Gasteiger partial charge in [0, 0.05) is 18.7 Å². The van der Waals surface area contributed by atoms with Crippen LogP contribution in [0.3, 0.4) is 0 Å². The van der Waals surface area contributed by atoms with Crippen LogP contribution < -0.4 is 10.6 Å². The highest BCUT2D eigenvalue weighted by molar-refractivity contribution is 8.15. The lowest BCUT2D eigenvalue weighted by molar-refractivity contribution is -0.122. The first-order valence-corrected chi connectivity index (χ1v) is 9.40. The average Bonchev–Trinajstić information content (AvgIpc) is 3.19. The quantitative estimate of drug-likeness (QED) is 0.844. The number of aliphatic imine (C=N–C) groups is 1. The third-order valence-corrected chi connectivity index (χ3v) is 5.40. The van der Waals surface area contributed by atoms with E-state index in [1.165, 1.54) is 11.8 Å². The SMILES string of the molecule is Cc1ccc(C)c(NC(=O)CC2SC(=NCC3CCCO3)NC2=O)c1. The lowest BCUT2D eigenvalue weighted by atomic mass is 10.1. The molecule has 0 saturated carbocycles. The minimum Gasteiger partial charge on any atom is -0.376 e. The van der Waals surface area contributed by atoms with Crippen molar-refractivity contribution >= 4 is 34.4 Å². The van der Waals surface area contributed by atoms with Crippen LogP contribution in [0.15, 0.2) is 23.2 Å². The van der Waals surface area contributed by atoms with Gasteiger partial charge in [-0.05, 0) is 43.9 Å². The zero-order valence-corrected chi connectivity index (χ0v) is 15.3. The fourth-order valence-corrected chi connectivity index (χ4v) is 3.81. The summed E-state index contributed by atoms with van der Waals surface area (Å²) in [6.45, 7) is 5.27. The van der Waals surface area contributed by atoms with Gasteiger partial charge >= 0.3 is 0 Å². The molecule has 2 aliphatic heterocycles. The number of benzene rings is 1. The molecule has 2 unspecified atom stereocenters. The summed E-state index contributed by atoms with van der Waals surface area (Å²) in [6.07, 6.45) is 2.35. The normalized spacial score (nSPS) is 24.6. The summed E-state index contributed by atoms with van der Waals surface area (Å²) >= 11 is 1.32. The molecule has 0 aromatic heterocycles. The summed E-state index contributed by atoms with van der Waals surface area (Å²) in [6, 6.07) is 5.91. The first kappa shape index (κ1) is 17.9. The Balaban J connectivity index is 1.53. The van der Waals surface area contributed by atoms with E-state index in [1.807, 2.05) is 32.0 Å². The summed E-state index contributed by atoms with van der Waals surface area (Å²) in [5, 5.41) is 5.81. The first-order valence-electron chi connectivity index (χ1n) is 8.52. The maximum Gasteiger partial charge on any atom is 0.240 e. The largest absolute Gasteiger partial charge is 0.376 e. The maximum atomic E-state index is 12.3. The lowest BCUT2D eigenvalue weighted by Crippen LogP contribution is -2.28. The molecule has 0 aliphatic carbocycles. The number of ether oxygens (including phenoxy) is 1. The Morgan fingerprint density at radius 2 is 2.28 bits per heavy atom. The molecule has 3 rings (SSSR count). The van der Waals surface area contributed by atoms with E-state index in [4.69, 9.17) is 4.74 Å². The van der Waals surface area contributed by atoms with Gasteiger partial charge in [0.05, 0.1) is 12.6 Å². The van der Waals surface area contributed by atoms with Gasteiger partial charge < -0.3 is 15.4 Å². The molecule has 6 nitrogen and oxygen atoms in total. The lowest BCUT2D eigenvalue weighted by Gasteiger charge is -2.10. The van der Waals surface area contributed by atoms with Crippen LogP contribution in [-0.2, 0) is 14.3 Å². The average molecular weight is 361 g/mol. The number of carbonyl (C=O) groups is 2. The van der Waals surface area contributed by atoms with Crippen molar-refractivity contribution in [2.45, 2.75) is 44.5 Å². The van der Waals surface area contributed by atoms with Crippen LogP contribution >= 0.6 is 11.8 Å². The predicted octanol–water partition coefficient (Wildman–Crippen LogP) is 2.40. The Labute approximate surface area is 151 Å². The molecule has 2 N–H and O–H groups in total. The highest BCUT2D eigenvalue weighted by Crippen LogP contribution is 2.24. The molecular weight excluding hydrogens is 338 g/mol. The maximum absolute atomic E-state index is 12.3. The zero-order chi connectivity index (χ0) is 17.8. The minimum absolute atomic E-state index is 0.128. The number of anilines is 1. The molecule has 1 aromatic rings. The van der Waals surface area contributed by atoms with Gasteiger partial charge in [-0.15, -0.1) is 0 Å². The molecule has 2 amide bonds. The van der Waals surface area contributed by atoms with Gasteiger partial charge in [0.15, 0.2) is 5.17 Å². The predicted molar refractivity (Wildman–Crippen MR) is 100.0 cm³/mol. The van der Waals surface area contributed by atoms with Crippen LogP contribution in [0.5, 0.6) is 0 Å². The van der Waals surface area contributed by atoms with Crippen LogP contribution in [0, 0.1) is 13.8 Å². The summed E-state index contributed by atoms with van der Waals surface area (Å²) in [4.78, 5) is 28.8. The number of rotatable bonds is 5. The molecule has 2 aliphatic rings. The van der Waals surface area contributed by atoms with Crippen LogP contribution in [0.4, 0.5) is 5.69 Å². The van der Waals surface area contributed by atoms with Crippen molar-refractivity contribution in [3.05, 3.63) is 29.3 Å². The summed E-state index contributed by atoms with van der Waals surface area (Å²) in [5.74, 6) is -0.325. The standard InChI is InChI=1S/C18H23N3O3S/c1-11-5-6-12(2)14(8-11)20-16(22)9-15-17(23)21-18(25-15)19-10-13-4-3-7-24-13/h5-6,8,13,15H,3-4,7,9-10H2,1-2H3,(H,20,22)(H,19,21,23). The number of hydrogen-bond acceptors (Lipinski definition) is 5. The van der Waals surface area contributed by atoms with Gasteiger partial charge in [0.2, 0.25) is 11.8 Å². The highest BCUT2D eigenvalue weighted by Gasteiger charge is 2.32. The van der Waals surface area contributed by atoms with Gasteiger partial charge in [0.1, 0.15) is 5.25 Å². The second kappa shape index (κ2) is 8.01. The van der Waals surface area contributed by atoms with Crippen LogP contribution in [0.1, 0.15) is 30.4 Å². The zero-order valence-electron chi connectivity index (χ0n) is 14.5. The molecule has 0 spiro atoms. The summed E-state index contributed by atoms with van der Waals surface area (Å²) in [5.41, 5.74) is 2.87. The fraction of sp³-hybridized carbons (Fsp3) is 0.500.